The lowest BCUT2D eigenvalue weighted by Gasteiger charge is -2.66. The van der Waals surface area contributed by atoms with Gasteiger partial charge in [0.2, 0.25) is 0 Å². The summed E-state index contributed by atoms with van der Waals surface area (Å²) in [5, 5.41) is 10.4. The van der Waals surface area contributed by atoms with Crippen molar-refractivity contribution in [2.24, 2.45) is 28.6 Å². The van der Waals surface area contributed by atoms with Gasteiger partial charge in [0.15, 0.2) is 0 Å². The van der Waals surface area contributed by atoms with Crippen LogP contribution in [0, 0.1) is 28.6 Å². The number of fused-ring (bicyclic) bond motifs is 2. The average molecular weight is 413 g/mol. The van der Waals surface area contributed by atoms with Gasteiger partial charge >= 0.3 is 0 Å². The van der Waals surface area contributed by atoms with Crippen molar-refractivity contribution in [1.29, 1.82) is 0 Å². The quantitative estimate of drug-likeness (QED) is 0.435. The zero-order valence-electron chi connectivity index (χ0n) is 19.5. The van der Waals surface area contributed by atoms with E-state index in [1.54, 1.807) is 0 Å². The van der Waals surface area contributed by atoms with Gasteiger partial charge in [0.05, 0.1) is 6.10 Å². The second-order valence-electron chi connectivity index (χ2n) is 11.8. The fraction of sp³-hybridized carbons (Fsp3) is 0.778. The van der Waals surface area contributed by atoms with Gasteiger partial charge < -0.3 is 5.11 Å². The lowest BCUT2D eigenvalue weighted by Crippen LogP contribution is -2.69. The first-order valence-electron chi connectivity index (χ1n) is 12.3. The summed E-state index contributed by atoms with van der Waals surface area (Å²) in [7, 11) is 0. The molecule has 0 aromatic heterocycles. The van der Waals surface area contributed by atoms with Crippen molar-refractivity contribution in [3.8, 4) is 0 Å². The smallest absolute Gasteiger partial charge is 0.147 e. The van der Waals surface area contributed by atoms with Gasteiger partial charge in [-0.3, -0.25) is 0 Å². The van der Waals surface area contributed by atoms with Gasteiger partial charge in [-0.05, 0) is 93.8 Å². The number of rotatable bonds is 4. The molecule has 8 atom stereocenters. The number of aliphatic hydroxyl groups excluding tert-OH is 1. The standard InChI is InChI=1S/C27H40O3/c1-18(2)7-6-8-19(3)21-9-10-22-24(21,4)13-12-23-25(5)14-11-20(28)17-26(25)15-16-27(22,23)30-29-26/h7,12,15-16,19-22,28H,6,8-11,13-14,17H2,1-5H3. The van der Waals surface area contributed by atoms with Crippen molar-refractivity contribution in [3.05, 3.63) is 35.5 Å². The maximum atomic E-state index is 10.4. The van der Waals surface area contributed by atoms with Crippen molar-refractivity contribution in [2.75, 3.05) is 0 Å². The van der Waals surface area contributed by atoms with Crippen LogP contribution < -0.4 is 0 Å². The highest BCUT2D eigenvalue weighted by atomic mass is 17.2. The van der Waals surface area contributed by atoms with E-state index in [1.165, 1.54) is 36.8 Å². The summed E-state index contributed by atoms with van der Waals surface area (Å²) in [5.74, 6) is 1.92. The molecule has 2 spiro atoms. The molecule has 3 heteroatoms. The molecule has 8 unspecified atom stereocenters. The van der Waals surface area contributed by atoms with Crippen LogP contribution >= 0.6 is 0 Å². The fourth-order valence-corrected chi connectivity index (χ4v) is 8.21. The Balaban J connectivity index is 1.47. The van der Waals surface area contributed by atoms with Gasteiger partial charge in [-0.25, -0.2) is 9.78 Å². The molecule has 0 amide bonds. The highest BCUT2D eigenvalue weighted by Crippen LogP contribution is 2.71. The second kappa shape index (κ2) is 6.80. The molecule has 166 valence electrons. The van der Waals surface area contributed by atoms with E-state index in [0.717, 1.165) is 31.1 Å². The highest BCUT2D eigenvalue weighted by molar-refractivity contribution is 5.48. The van der Waals surface area contributed by atoms with Crippen LogP contribution in [0.4, 0.5) is 0 Å². The Hall–Kier alpha value is -0.900. The molecule has 1 N–H and O–H groups in total. The summed E-state index contributed by atoms with van der Waals surface area (Å²) < 4.78 is 0. The molecular weight excluding hydrogens is 372 g/mol. The molecule has 2 aliphatic heterocycles. The van der Waals surface area contributed by atoms with Gasteiger partial charge in [0.1, 0.15) is 11.2 Å². The molecule has 2 heterocycles. The Morgan fingerprint density at radius 2 is 2.00 bits per heavy atom. The Morgan fingerprint density at radius 3 is 2.70 bits per heavy atom. The predicted molar refractivity (Wildman–Crippen MR) is 120 cm³/mol. The Bertz CT molecular complexity index is 807. The molecule has 0 radical (unpaired) electrons. The van der Waals surface area contributed by atoms with Crippen LogP contribution in [0.25, 0.3) is 0 Å². The van der Waals surface area contributed by atoms with Crippen LogP contribution in [-0.2, 0) is 9.78 Å². The van der Waals surface area contributed by atoms with Crippen molar-refractivity contribution in [1.82, 2.24) is 0 Å². The molecule has 3 nitrogen and oxygen atoms in total. The SMILES string of the molecule is CC(C)=CCCC(C)C1CCC2C34C=CC5(CC(O)CCC5(C)C3=CCC12C)OO4. The van der Waals surface area contributed by atoms with E-state index in [9.17, 15) is 5.11 Å². The van der Waals surface area contributed by atoms with Gasteiger partial charge in [-0.2, -0.15) is 0 Å². The highest BCUT2D eigenvalue weighted by Gasteiger charge is 2.71. The monoisotopic (exact) mass is 412 g/mol. The zero-order chi connectivity index (χ0) is 21.4. The average Bonchev–Trinajstić information content (AvgIpc) is 3.05. The topological polar surface area (TPSA) is 38.7 Å². The van der Waals surface area contributed by atoms with E-state index >= 15 is 0 Å². The largest absolute Gasteiger partial charge is 0.393 e. The van der Waals surface area contributed by atoms with E-state index in [1.807, 2.05) is 0 Å². The first-order chi connectivity index (χ1) is 14.2. The summed E-state index contributed by atoms with van der Waals surface area (Å²) in [6.07, 6.45) is 17.8. The first kappa shape index (κ1) is 21.0. The van der Waals surface area contributed by atoms with Crippen LogP contribution in [0.1, 0.15) is 86.0 Å². The van der Waals surface area contributed by atoms with Crippen LogP contribution in [0.2, 0.25) is 0 Å². The van der Waals surface area contributed by atoms with Crippen LogP contribution in [0.3, 0.4) is 0 Å². The number of allylic oxidation sites excluding steroid dienone is 3. The molecule has 3 fully saturated rings. The lowest BCUT2D eigenvalue weighted by molar-refractivity contribution is -0.455. The summed E-state index contributed by atoms with van der Waals surface area (Å²) in [5.41, 5.74) is 2.17. The maximum Gasteiger partial charge on any atom is 0.147 e. The van der Waals surface area contributed by atoms with E-state index in [0.29, 0.717) is 12.3 Å². The molecule has 30 heavy (non-hydrogen) atoms. The Kier molecular flexibility index (Phi) is 4.75. The van der Waals surface area contributed by atoms with Crippen LogP contribution in [0.15, 0.2) is 35.5 Å². The number of aliphatic hydroxyl groups is 1. The van der Waals surface area contributed by atoms with Crippen molar-refractivity contribution in [2.45, 2.75) is 103 Å². The van der Waals surface area contributed by atoms with Crippen LogP contribution in [-0.4, -0.2) is 22.4 Å². The van der Waals surface area contributed by atoms with Crippen molar-refractivity contribution in [3.63, 3.8) is 0 Å². The van der Waals surface area contributed by atoms with Gasteiger partial charge in [0.25, 0.3) is 0 Å². The van der Waals surface area contributed by atoms with E-state index < -0.39 is 11.2 Å². The summed E-state index contributed by atoms with van der Waals surface area (Å²) in [4.78, 5) is 12.6. The second-order valence-corrected chi connectivity index (χ2v) is 11.8. The molecule has 1 saturated heterocycles. The predicted octanol–water partition coefficient (Wildman–Crippen LogP) is 6.29. The zero-order valence-corrected chi connectivity index (χ0v) is 19.5. The van der Waals surface area contributed by atoms with Gasteiger partial charge in [-0.15, -0.1) is 0 Å². The summed E-state index contributed by atoms with van der Waals surface area (Å²) in [6, 6.07) is 0. The van der Waals surface area contributed by atoms with Crippen LogP contribution in [0.5, 0.6) is 0 Å². The third kappa shape index (κ3) is 2.61. The lowest BCUT2D eigenvalue weighted by atomic mass is 9.46. The van der Waals surface area contributed by atoms with Crippen molar-refractivity contribution >= 4 is 0 Å². The minimum Gasteiger partial charge on any atom is -0.393 e. The van der Waals surface area contributed by atoms with E-state index in [2.05, 4.69) is 58.9 Å². The summed E-state index contributed by atoms with van der Waals surface area (Å²) in [6.45, 7) is 11.8. The van der Waals surface area contributed by atoms with E-state index in [-0.39, 0.29) is 16.9 Å². The Labute approximate surface area is 182 Å². The van der Waals surface area contributed by atoms with E-state index in [4.69, 9.17) is 9.78 Å². The molecule has 6 aliphatic rings. The molecule has 0 aromatic carbocycles. The molecule has 0 aromatic rings. The number of hydrogen-bond acceptors (Lipinski definition) is 3. The van der Waals surface area contributed by atoms with Gasteiger partial charge in [-0.1, -0.05) is 38.5 Å². The molecule has 2 bridgehead atoms. The molecular formula is C27H40O3. The normalized spacial score (nSPS) is 49.7. The summed E-state index contributed by atoms with van der Waals surface area (Å²) >= 11 is 0. The first-order valence-corrected chi connectivity index (χ1v) is 12.3. The fourth-order valence-electron chi connectivity index (χ4n) is 8.21. The third-order valence-corrected chi connectivity index (χ3v) is 9.93. The van der Waals surface area contributed by atoms with Gasteiger partial charge in [0, 0.05) is 17.8 Å². The third-order valence-electron chi connectivity index (χ3n) is 9.93. The molecule has 4 aliphatic carbocycles. The minimum atomic E-state index is -0.498. The maximum absolute atomic E-state index is 10.4. The molecule has 6 rings (SSSR count). The number of hydrogen-bond donors (Lipinski definition) is 1. The van der Waals surface area contributed by atoms with Crippen molar-refractivity contribution < 1.29 is 14.9 Å². The molecule has 2 saturated carbocycles. The Morgan fingerprint density at radius 1 is 1.20 bits per heavy atom. The minimum absolute atomic E-state index is 0.0618.